The van der Waals surface area contributed by atoms with Crippen LogP contribution in [0.4, 0.5) is 13.2 Å². The molecule has 1 saturated heterocycles. The predicted octanol–water partition coefficient (Wildman–Crippen LogP) is 4.21. The second kappa shape index (κ2) is 9.32. The molecule has 0 aliphatic carbocycles. The number of carbonyl (C=O) groups excluding carboxylic acids is 2. The molecule has 1 fully saturated rings. The minimum absolute atomic E-state index is 0.0943. The van der Waals surface area contributed by atoms with Gasteiger partial charge in [0.15, 0.2) is 6.61 Å². The number of benzene rings is 1. The Bertz CT molecular complexity index is 1120. The van der Waals surface area contributed by atoms with Gasteiger partial charge in [0.25, 0.3) is 0 Å². The molecule has 1 aliphatic heterocycles. The number of esters is 1. The minimum Gasteiger partial charge on any atom is -0.457 e. The number of Topliss-reactive ketones (excluding diaryl/α,β-unsaturated/α-hetero) is 1. The van der Waals surface area contributed by atoms with Crippen molar-refractivity contribution in [2.75, 3.05) is 19.7 Å². The first-order chi connectivity index (χ1) is 14.9. The summed E-state index contributed by atoms with van der Waals surface area (Å²) in [7, 11) is -4.38. The lowest BCUT2D eigenvalue weighted by molar-refractivity contribution is -0.148. The van der Waals surface area contributed by atoms with Crippen molar-refractivity contribution < 1.29 is 35.9 Å². The van der Waals surface area contributed by atoms with Crippen LogP contribution in [0, 0.1) is 19.8 Å². The van der Waals surface area contributed by atoms with Gasteiger partial charge in [0.05, 0.1) is 16.4 Å². The van der Waals surface area contributed by atoms with E-state index in [4.69, 9.17) is 4.74 Å². The Morgan fingerprint density at radius 2 is 1.78 bits per heavy atom. The number of aryl methyl sites for hydroxylation is 2. The number of halogens is 3. The summed E-state index contributed by atoms with van der Waals surface area (Å²) in [4.78, 5) is 25.6. The quantitative estimate of drug-likeness (QED) is 0.449. The molecule has 32 heavy (non-hydrogen) atoms. The number of thiophene rings is 1. The standard InChI is InChI=1S/C21H22F3NO5S2/c1-13-11-16(14(2)31-13)18(26)12-30-20(27)15-7-9-25(10-8-15)32(28,29)19-6-4-3-5-17(19)21(22,23)24/h3-6,11,15H,7-10,12H2,1-2H3. The van der Waals surface area contributed by atoms with E-state index in [2.05, 4.69) is 0 Å². The number of alkyl halides is 3. The summed E-state index contributed by atoms with van der Waals surface area (Å²) in [6, 6.07) is 5.76. The molecule has 0 atom stereocenters. The summed E-state index contributed by atoms with van der Waals surface area (Å²) >= 11 is 1.47. The Labute approximate surface area is 188 Å². The summed E-state index contributed by atoms with van der Waals surface area (Å²) in [5, 5.41) is 0. The fourth-order valence-electron chi connectivity index (χ4n) is 3.64. The molecule has 1 aromatic carbocycles. The van der Waals surface area contributed by atoms with Crippen LogP contribution in [0.2, 0.25) is 0 Å². The smallest absolute Gasteiger partial charge is 0.417 e. The summed E-state index contributed by atoms with van der Waals surface area (Å²) < 4.78 is 71.4. The highest BCUT2D eigenvalue weighted by Crippen LogP contribution is 2.36. The first-order valence-corrected chi connectivity index (χ1v) is 12.1. The topological polar surface area (TPSA) is 80.8 Å². The van der Waals surface area contributed by atoms with E-state index >= 15 is 0 Å². The summed E-state index contributed by atoms with van der Waals surface area (Å²) in [6.07, 6.45) is -4.62. The maximum Gasteiger partial charge on any atom is 0.417 e. The number of nitrogens with zero attached hydrogens (tertiary/aromatic N) is 1. The third-order valence-electron chi connectivity index (χ3n) is 5.28. The van der Waals surface area contributed by atoms with E-state index in [0.717, 1.165) is 32.3 Å². The van der Waals surface area contributed by atoms with E-state index in [1.165, 1.54) is 17.4 Å². The molecular weight excluding hydrogens is 467 g/mol. The lowest BCUT2D eigenvalue weighted by atomic mass is 9.98. The molecule has 3 rings (SSSR count). The average Bonchev–Trinajstić information content (AvgIpc) is 3.09. The molecule has 0 N–H and O–H groups in total. The minimum atomic E-state index is -4.81. The maximum atomic E-state index is 13.2. The number of ether oxygens (including phenoxy) is 1. The molecule has 2 aromatic rings. The number of piperidine rings is 1. The number of rotatable bonds is 6. The lowest BCUT2D eigenvalue weighted by Gasteiger charge is -2.30. The molecule has 0 saturated carbocycles. The van der Waals surface area contributed by atoms with Crippen molar-refractivity contribution in [2.24, 2.45) is 5.92 Å². The summed E-state index contributed by atoms with van der Waals surface area (Å²) in [5.74, 6) is -1.56. The molecule has 0 amide bonds. The van der Waals surface area contributed by atoms with E-state index < -0.39 is 45.2 Å². The first-order valence-electron chi connectivity index (χ1n) is 9.84. The van der Waals surface area contributed by atoms with Crippen LogP contribution in [0.3, 0.4) is 0 Å². The molecule has 1 aliphatic rings. The van der Waals surface area contributed by atoms with Crippen LogP contribution in [-0.2, 0) is 25.7 Å². The molecule has 174 valence electrons. The van der Waals surface area contributed by atoms with Gasteiger partial charge in [0.2, 0.25) is 15.8 Å². The van der Waals surface area contributed by atoms with E-state index in [-0.39, 0.29) is 31.7 Å². The second-order valence-electron chi connectivity index (χ2n) is 7.53. The van der Waals surface area contributed by atoms with Crippen LogP contribution < -0.4 is 0 Å². The van der Waals surface area contributed by atoms with Crippen LogP contribution in [0.25, 0.3) is 0 Å². The Morgan fingerprint density at radius 1 is 1.16 bits per heavy atom. The van der Waals surface area contributed by atoms with Crippen molar-refractivity contribution in [1.82, 2.24) is 4.31 Å². The molecule has 0 radical (unpaired) electrons. The van der Waals surface area contributed by atoms with Crippen molar-refractivity contribution in [3.63, 3.8) is 0 Å². The summed E-state index contributed by atoms with van der Waals surface area (Å²) in [5.41, 5.74) is -0.719. The SMILES string of the molecule is Cc1cc(C(=O)COC(=O)C2CCN(S(=O)(=O)c3ccccc3C(F)(F)F)CC2)c(C)s1. The normalized spacial score (nSPS) is 16.2. The largest absolute Gasteiger partial charge is 0.457 e. The second-order valence-corrected chi connectivity index (χ2v) is 10.9. The number of hydrogen-bond donors (Lipinski definition) is 0. The highest BCUT2D eigenvalue weighted by molar-refractivity contribution is 7.89. The van der Waals surface area contributed by atoms with Crippen LogP contribution in [0.15, 0.2) is 35.2 Å². The highest BCUT2D eigenvalue weighted by atomic mass is 32.2. The van der Waals surface area contributed by atoms with Crippen molar-refractivity contribution >= 4 is 33.1 Å². The molecular formula is C21H22F3NO5S2. The van der Waals surface area contributed by atoms with E-state index in [1.54, 1.807) is 13.0 Å². The van der Waals surface area contributed by atoms with Crippen molar-refractivity contribution in [3.8, 4) is 0 Å². The third-order valence-corrected chi connectivity index (χ3v) is 8.21. The lowest BCUT2D eigenvalue weighted by Crippen LogP contribution is -2.41. The van der Waals surface area contributed by atoms with E-state index in [1.807, 2.05) is 6.92 Å². The van der Waals surface area contributed by atoms with Gasteiger partial charge in [0.1, 0.15) is 0 Å². The van der Waals surface area contributed by atoms with Gasteiger partial charge in [0, 0.05) is 28.4 Å². The van der Waals surface area contributed by atoms with E-state index in [0.29, 0.717) is 5.56 Å². The fourth-order valence-corrected chi connectivity index (χ4v) is 6.26. The zero-order valence-electron chi connectivity index (χ0n) is 17.4. The Balaban J connectivity index is 1.61. The van der Waals surface area contributed by atoms with Gasteiger partial charge in [-0.05, 0) is 44.9 Å². The van der Waals surface area contributed by atoms with Crippen LogP contribution in [0.5, 0.6) is 0 Å². The van der Waals surface area contributed by atoms with Gasteiger partial charge in [-0.3, -0.25) is 9.59 Å². The maximum absolute atomic E-state index is 13.2. The van der Waals surface area contributed by atoms with Gasteiger partial charge in [-0.2, -0.15) is 17.5 Å². The molecule has 11 heteroatoms. The van der Waals surface area contributed by atoms with Gasteiger partial charge in [-0.15, -0.1) is 11.3 Å². The summed E-state index contributed by atoms with van der Waals surface area (Å²) in [6.45, 7) is 3.03. The fraction of sp³-hybridized carbons (Fsp3) is 0.429. The van der Waals surface area contributed by atoms with Gasteiger partial charge < -0.3 is 4.74 Å². The Kier molecular flexibility index (Phi) is 7.11. The zero-order valence-corrected chi connectivity index (χ0v) is 19.1. The van der Waals surface area contributed by atoms with Crippen LogP contribution in [0.1, 0.15) is 38.5 Å². The molecule has 2 heterocycles. The molecule has 1 aromatic heterocycles. The molecule has 0 bridgehead atoms. The van der Waals surface area contributed by atoms with Gasteiger partial charge >= 0.3 is 12.1 Å². The van der Waals surface area contributed by atoms with Crippen LogP contribution in [-0.4, -0.2) is 44.2 Å². The number of carbonyl (C=O) groups is 2. The molecule has 6 nitrogen and oxygen atoms in total. The molecule has 0 unspecified atom stereocenters. The third kappa shape index (κ3) is 5.21. The predicted molar refractivity (Wildman–Crippen MR) is 112 cm³/mol. The number of ketones is 1. The number of hydrogen-bond acceptors (Lipinski definition) is 6. The van der Waals surface area contributed by atoms with E-state index in [9.17, 15) is 31.2 Å². The monoisotopic (exact) mass is 489 g/mol. The zero-order chi connectivity index (χ0) is 23.7. The Hall–Kier alpha value is -2.24. The van der Waals surface area contributed by atoms with Gasteiger partial charge in [-0.1, -0.05) is 12.1 Å². The van der Waals surface area contributed by atoms with Gasteiger partial charge in [-0.25, -0.2) is 8.42 Å². The van der Waals surface area contributed by atoms with Crippen molar-refractivity contribution in [1.29, 1.82) is 0 Å². The first kappa shape index (κ1) is 24.4. The van der Waals surface area contributed by atoms with Crippen LogP contribution >= 0.6 is 11.3 Å². The Morgan fingerprint density at radius 3 is 2.34 bits per heavy atom. The molecule has 0 spiro atoms. The average molecular weight is 490 g/mol. The van der Waals surface area contributed by atoms with Crippen molar-refractivity contribution in [3.05, 3.63) is 51.2 Å². The number of sulfonamides is 1. The van der Waals surface area contributed by atoms with Crippen molar-refractivity contribution in [2.45, 2.75) is 37.8 Å². The highest BCUT2D eigenvalue weighted by Gasteiger charge is 2.40.